The zero-order chi connectivity index (χ0) is 20.2. The molecule has 0 saturated carbocycles. The molecule has 0 bridgehead atoms. The summed E-state index contributed by atoms with van der Waals surface area (Å²) in [5.74, 6) is 0.470. The van der Waals surface area contributed by atoms with E-state index in [-0.39, 0.29) is 5.91 Å². The molecule has 150 valence electrons. The Morgan fingerprint density at radius 3 is 2.62 bits per heavy atom. The highest BCUT2D eigenvalue weighted by Gasteiger charge is 2.21. The zero-order valence-electron chi connectivity index (χ0n) is 16.0. The number of nitrogens with zero attached hydrogens (tertiary/aromatic N) is 3. The number of carbonyl (C=O) groups excluding carboxylic acids is 1. The van der Waals surface area contributed by atoms with Crippen LogP contribution in [0, 0.1) is 0 Å². The molecular formula is C21H21ClN4O2S. The number of thiazole rings is 1. The van der Waals surface area contributed by atoms with Gasteiger partial charge in [0.25, 0.3) is 5.91 Å². The number of aromatic nitrogens is 1. The van der Waals surface area contributed by atoms with Crippen molar-refractivity contribution in [3.63, 3.8) is 0 Å². The number of amides is 1. The van der Waals surface area contributed by atoms with Gasteiger partial charge in [-0.25, -0.2) is 4.98 Å². The first kappa shape index (κ1) is 19.5. The van der Waals surface area contributed by atoms with E-state index < -0.39 is 0 Å². The van der Waals surface area contributed by atoms with E-state index in [1.165, 1.54) is 11.3 Å². The number of hydrogen-bond donors (Lipinski definition) is 1. The van der Waals surface area contributed by atoms with Gasteiger partial charge in [-0.3, -0.25) is 4.79 Å². The second-order valence-electron chi connectivity index (χ2n) is 6.66. The van der Waals surface area contributed by atoms with Crippen molar-refractivity contribution in [1.29, 1.82) is 0 Å². The molecule has 0 atom stereocenters. The molecule has 1 aliphatic rings. The van der Waals surface area contributed by atoms with E-state index in [9.17, 15) is 4.79 Å². The maximum atomic E-state index is 12.5. The normalized spacial score (nSPS) is 14.0. The number of ether oxygens (including phenoxy) is 1. The second kappa shape index (κ2) is 8.71. The molecule has 1 aliphatic heterocycles. The molecule has 1 N–H and O–H groups in total. The summed E-state index contributed by atoms with van der Waals surface area (Å²) in [6.45, 7) is 3.45. The first-order valence-electron chi connectivity index (χ1n) is 9.29. The summed E-state index contributed by atoms with van der Waals surface area (Å²) in [5.41, 5.74) is 2.23. The van der Waals surface area contributed by atoms with Gasteiger partial charge < -0.3 is 19.9 Å². The maximum absolute atomic E-state index is 12.5. The molecule has 3 aromatic rings. The predicted molar refractivity (Wildman–Crippen MR) is 119 cm³/mol. The molecule has 1 amide bonds. The van der Waals surface area contributed by atoms with Gasteiger partial charge in [0.15, 0.2) is 5.13 Å². The van der Waals surface area contributed by atoms with Crippen molar-refractivity contribution in [2.45, 2.75) is 0 Å². The summed E-state index contributed by atoms with van der Waals surface area (Å²) in [6.07, 6.45) is 0. The van der Waals surface area contributed by atoms with Crippen molar-refractivity contribution >= 4 is 45.4 Å². The molecular weight excluding hydrogens is 408 g/mol. The van der Waals surface area contributed by atoms with Crippen LogP contribution in [-0.4, -0.2) is 44.2 Å². The van der Waals surface area contributed by atoms with E-state index in [2.05, 4.69) is 26.2 Å². The molecule has 0 radical (unpaired) electrons. The van der Waals surface area contributed by atoms with Crippen LogP contribution in [0.2, 0.25) is 5.02 Å². The number of anilines is 3. The first-order valence-corrected chi connectivity index (χ1v) is 10.5. The van der Waals surface area contributed by atoms with Crippen LogP contribution < -0.4 is 19.9 Å². The minimum absolute atomic E-state index is 0.224. The molecule has 1 fully saturated rings. The Labute approximate surface area is 178 Å². The lowest BCUT2D eigenvalue weighted by atomic mass is 10.2. The third kappa shape index (κ3) is 4.63. The molecule has 29 heavy (non-hydrogen) atoms. The Bertz CT molecular complexity index is 1000. The summed E-state index contributed by atoms with van der Waals surface area (Å²) in [4.78, 5) is 21.6. The number of hydrogen-bond acceptors (Lipinski definition) is 6. The van der Waals surface area contributed by atoms with E-state index >= 15 is 0 Å². The van der Waals surface area contributed by atoms with Gasteiger partial charge in [0, 0.05) is 54.0 Å². The SMILES string of the molecule is COc1cccc(NC(=O)c2csc(N3CCN(c4cccc(Cl)c4)CC3)n2)c1. The summed E-state index contributed by atoms with van der Waals surface area (Å²) in [7, 11) is 1.60. The van der Waals surface area contributed by atoms with Gasteiger partial charge in [-0.2, -0.15) is 0 Å². The fourth-order valence-electron chi connectivity index (χ4n) is 3.24. The Kier molecular flexibility index (Phi) is 5.87. The number of benzene rings is 2. The Balaban J connectivity index is 1.37. The van der Waals surface area contributed by atoms with E-state index in [1.807, 2.05) is 36.4 Å². The number of halogens is 1. The quantitative estimate of drug-likeness (QED) is 0.653. The molecule has 0 aliphatic carbocycles. The number of methoxy groups -OCH3 is 1. The lowest BCUT2D eigenvalue weighted by Gasteiger charge is -2.36. The molecule has 8 heteroatoms. The van der Waals surface area contributed by atoms with Crippen molar-refractivity contribution in [2.75, 3.05) is 48.4 Å². The van der Waals surface area contributed by atoms with Gasteiger partial charge in [0.1, 0.15) is 11.4 Å². The molecule has 6 nitrogen and oxygen atoms in total. The highest BCUT2D eigenvalue weighted by molar-refractivity contribution is 7.14. The zero-order valence-corrected chi connectivity index (χ0v) is 17.5. The Morgan fingerprint density at radius 2 is 1.86 bits per heavy atom. The predicted octanol–water partition coefficient (Wildman–Crippen LogP) is 4.38. The molecule has 0 unspecified atom stereocenters. The molecule has 1 aromatic heterocycles. The van der Waals surface area contributed by atoms with Crippen LogP contribution >= 0.6 is 22.9 Å². The monoisotopic (exact) mass is 428 g/mol. The minimum atomic E-state index is -0.224. The summed E-state index contributed by atoms with van der Waals surface area (Å²) in [6, 6.07) is 15.2. The lowest BCUT2D eigenvalue weighted by Crippen LogP contribution is -2.46. The highest BCUT2D eigenvalue weighted by Crippen LogP contribution is 2.26. The third-order valence-corrected chi connectivity index (χ3v) is 5.91. The van der Waals surface area contributed by atoms with Crippen LogP contribution in [0.1, 0.15) is 10.5 Å². The van der Waals surface area contributed by atoms with Crippen LogP contribution in [-0.2, 0) is 0 Å². The van der Waals surface area contributed by atoms with E-state index in [0.29, 0.717) is 17.1 Å². The van der Waals surface area contributed by atoms with Crippen molar-refractivity contribution < 1.29 is 9.53 Å². The molecule has 4 rings (SSSR count). The molecule has 1 saturated heterocycles. The number of piperazine rings is 1. The number of carbonyl (C=O) groups is 1. The first-order chi connectivity index (χ1) is 14.1. The fourth-order valence-corrected chi connectivity index (χ4v) is 4.28. The van der Waals surface area contributed by atoms with E-state index in [1.54, 1.807) is 18.6 Å². The van der Waals surface area contributed by atoms with Crippen molar-refractivity contribution in [2.24, 2.45) is 0 Å². The third-order valence-electron chi connectivity index (χ3n) is 4.78. The fraction of sp³-hybridized carbons (Fsp3) is 0.238. The number of rotatable bonds is 5. The van der Waals surface area contributed by atoms with Gasteiger partial charge in [0.2, 0.25) is 0 Å². The van der Waals surface area contributed by atoms with Crippen LogP contribution in [0.5, 0.6) is 5.75 Å². The summed E-state index contributed by atoms with van der Waals surface area (Å²) in [5, 5.41) is 6.28. The standard InChI is InChI=1S/C21H21ClN4O2S/c1-28-18-7-3-5-16(13-18)23-20(27)19-14-29-21(24-19)26-10-8-25(9-11-26)17-6-2-4-15(22)12-17/h2-7,12-14H,8-11H2,1H3,(H,23,27). The lowest BCUT2D eigenvalue weighted by molar-refractivity contribution is 0.102. The average Bonchev–Trinajstić information content (AvgIpc) is 3.24. The van der Waals surface area contributed by atoms with Gasteiger partial charge >= 0.3 is 0 Å². The Hall–Kier alpha value is -2.77. The minimum Gasteiger partial charge on any atom is -0.497 e. The Morgan fingerprint density at radius 1 is 1.10 bits per heavy atom. The van der Waals surface area contributed by atoms with Gasteiger partial charge in [-0.1, -0.05) is 23.7 Å². The van der Waals surface area contributed by atoms with Crippen LogP contribution in [0.4, 0.5) is 16.5 Å². The largest absolute Gasteiger partial charge is 0.497 e. The average molecular weight is 429 g/mol. The van der Waals surface area contributed by atoms with E-state index in [4.69, 9.17) is 16.3 Å². The maximum Gasteiger partial charge on any atom is 0.275 e. The smallest absolute Gasteiger partial charge is 0.275 e. The van der Waals surface area contributed by atoms with Gasteiger partial charge in [-0.05, 0) is 30.3 Å². The van der Waals surface area contributed by atoms with Crippen molar-refractivity contribution in [1.82, 2.24) is 4.98 Å². The molecule has 2 heterocycles. The molecule has 0 spiro atoms. The van der Waals surface area contributed by atoms with E-state index in [0.717, 1.165) is 42.0 Å². The van der Waals surface area contributed by atoms with Crippen LogP contribution in [0.15, 0.2) is 53.9 Å². The van der Waals surface area contributed by atoms with Crippen molar-refractivity contribution in [3.8, 4) is 5.75 Å². The summed E-state index contributed by atoms with van der Waals surface area (Å²) >= 11 is 7.60. The van der Waals surface area contributed by atoms with Gasteiger partial charge in [-0.15, -0.1) is 11.3 Å². The summed E-state index contributed by atoms with van der Waals surface area (Å²) < 4.78 is 5.19. The van der Waals surface area contributed by atoms with Crippen LogP contribution in [0.25, 0.3) is 0 Å². The second-order valence-corrected chi connectivity index (χ2v) is 7.93. The highest BCUT2D eigenvalue weighted by atomic mass is 35.5. The topological polar surface area (TPSA) is 57.7 Å². The van der Waals surface area contributed by atoms with Gasteiger partial charge in [0.05, 0.1) is 7.11 Å². The van der Waals surface area contributed by atoms with Crippen molar-refractivity contribution in [3.05, 3.63) is 64.6 Å². The molecule has 2 aromatic carbocycles. The number of nitrogens with one attached hydrogen (secondary N) is 1. The van der Waals surface area contributed by atoms with Crippen LogP contribution in [0.3, 0.4) is 0 Å².